The van der Waals surface area contributed by atoms with E-state index >= 15 is 0 Å². The first-order chi connectivity index (χ1) is 6.24. The number of hydrogen-bond donors (Lipinski definition) is 3. The minimum atomic E-state index is -1.10. The molecule has 0 aromatic carbocycles. The summed E-state index contributed by atoms with van der Waals surface area (Å²) < 4.78 is 0. The number of anilines is 1. The molecule has 0 unspecified atom stereocenters. The van der Waals surface area contributed by atoms with Crippen molar-refractivity contribution in [1.82, 2.24) is 4.98 Å². The first kappa shape index (κ1) is 9.47. The third-order valence-electron chi connectivity index (χ3n) is 1.47. The van der Waals surface area contributed by atoms with E-state index in [9.17, 15) is 4.79 Å². The summed E-state index contributed by atoms with van der Waals surface area (Å²) in [5.41, 5.74) is 0. The highest BCUT2D eigenvalue weighted by molar-refractivity contribution is 5.76. The van der Waals surface area contributed by atoms with Crippen molar-refractivity contribution in [2.45, 2.75) is 6.04 Å². The molecule has 0 radical (unpaired) electrons. The van der Waals surface area contributed by atoms with Crippen LogP contribution in [0.5, 0.6) is 0 Å². The van der Waals surface area contributed by atoms with Crippen LogP contribution >= 0.6 is 0 Å². The molecule has 0 aliphatic rings. The maximum atomic E-state index is 10.5. The summed E-state index contributed by atoms with van der Waals surface area (Å²) in [5.74, 6) is -0.669. The van der Waals surface area contributed by atoms with Crippen molar-refractivity contribution in [2.24, 2.45) is 0 Å². The molecule has 0 amide bonds. The van der Waals surface area contributed by atoms with Crippen LogP contribution in [-0.4, -0.2) is 33.8 Å². The molecule has 1 aromatic rings. The smallest absolute Gasteiger partial charge is 0.328 e. The average molecular weight is 182 g/mol. The number of carboxylic acids is 1. The van der Waals surface area contributed by atoms with Gasteiger partial charge in [-0.3, -0.25) is 0 Å². The van der Waals surface area contributed by atoms with Crippen molar-refractivity contribution in [3.8, 4) is 0 Å². The summed E-state index contributed by atoms with van der Waals surface area (Å²) in [7, 11) is 0. The van der Waals surface area contributed by atoms with E-state index in [4.69, 9.17) is 10.2 Å². The Hall–Kier alpha value is -1.62. The Morgan fingerprint density at radius 2 is 2.38 bits per heavy atom. The van der Waals surface area contributed by atoms with Crippen LogP contribution < -0.4 is 5.32 Å². The first-order valence-electron chi connectivity index (χ1n) is 3.75. The fraction of sp³-hybridized carbons (Fsp3) is 0.250. The molecular formula is C8H10N2O3. The van der Waals surface area contributed by atoms with Crippen molar-refractivity contribution in [1.29, 1.82) is 0 Å². The van der Waals surface area contributed by atoms with Gasteiger partial charge in [0.05, 0.1) is 6.61 Å². The molecule has 1 heterocycles. The van der Waals surface area contributed by atoms with Crippen LogP contribution in [0.25, 0.3) is 0 Å². The monoisotopic (exact) mass is 182 g/mol. The first-order valence-corrected chi connectivity index (χ1v) is 3.75. The number of carbonyl (C=O) groups is 1. The average Bonchev–Trinajstić information content (AvgIpc) is 2.15. The predicted molar refractivity (Wildman–Crippen MR) is 46.4 cm³/mol. The van der Waals surface area contributed by atoms with Gasteiger partial charge in [0, 0.05) is 6.20 Å². The number of nitrogens with zero attached hydrogens (tertiary/aromatic N) is 1. The molecule has 1 aromatic heterocycles. The topological polar surface area (TPSA) is 82.5 Å². The van der Waals surface area contributed by atoms with Crippen molar-refractivity contribution >= 4 is 11.8 Å². The zero-order chi connectivity index (χ0) is 9.68. The molecule has 0 bridgehead atoms. The highest BCUT2D eigenvalue weighted by Gasteiger charge is 2.15. The van der Waals surface area contributed by atoms with Crippen molar-refractivity contribution in [3.05, 3.63) is 24.4 Å². The minimum Gasteiger partial charge on any atom is -0.480 e. The van der Waals surface area contributed by atoms with Crippen LogP contribution in [-0.2, 0) is 4.79 Å². The highest BCUT2D eigenvalue weighted by atomic mass is 16.4. The Kier molecular flexibility index (Phi) is 3.22. The number of pyridine rings is 1. The molecule has 13 heavy (non-hydrogen) atoms. The summed E-state index contributed by atoms with van der Waals surface area (Å²) in [6, 6.07) is 4.08. The highest BCUT2D eigenvalue weighted by Crippen LogP contribution is 2.02. The third-order valence-corrected chi connectivity index (χ3v) is 1.47. The SMILES string of the molecule is O=C(O)[C@H](CO)Nc1ccccn1. The lowest BCUT2D eigenvalue weighted by molar-refractivity contribution is -0.138. The number of aliphatic hydroxyl groups excluding tert-OH is 1. The van der Waals surface area contributed by atoms with E-state index in [0.29, 0.717) is 5.82 Å². The molecular weight excluding hydrogens is 172 g/mol. The Morgan fingerprint density at radius 3 is 2.85 bits per heavy atom. The van der Waals surface area contributed by atoms with Crippen molar-refractivity contribution in [3.63, 3.8) is 0 Å². The number of carboxylic acid groups (broad SMARTS) is 1. The van der Waals surface area contributed by atoms with Crippen molar-refractivity contribution < 1.29 is 15.0 Å². The number of aliphatic carboxylic acids is 1. The van der Waals surface area contributed by atoms with Gasteiger partial charge in [0.1, 0.15) is 11.9 Å². The quantitative estimate of drug-likeness (QED) is 0.607. The van der Waals surface area contributed by atoms with Gasteiger partial charge in [-0.05, 0) is 12.1 Å². The Bertz CT molecular complexity index is 276. The molecule has 1 rings (SSSR count). The minimum absolute atomic E-state index is 0.434. The van der Waals surface area contributed by atoms with Gasteiger partial charge in [-0.2, -0.15) is 0 Å². The van der Waals surface area contributed by atoms with Gasteiger partial charge < -0.3 is 15.5 Å². The molecule has 0 spiro atoms. The molecule has 70 valence electrons. The van der Waals surface area contributed by atoms with E-state index in [1.807, 2.05) is 0 Å². The molecule has 5 heteroatoms. The number of hydrogen-bond acceptors (Lipinski definition) is 4. The number of nitrogens with one attached hydrogen (secondary N) is 1. The van der Waals surface area contributed by atoms with Crippen LogP contribution in [0.2, 0.25) is 0 Å². The number of aromatic nitrogens is 1. The van der Waals surface area contributed by atoms with Crippen molar-refractivity contribution in [2.75, 3.05) is 11.9 Å². The summed E-state index contributed by atoms with van der Waals surface area (Å²) in [5, 5.41) is 19.8. The third kappa shape index (κ3) is 2.72. The van der Waals surface area contributed by atoms with E-state index < -0.39 is 18.6 Å². The largest absolute Gasteiger partial charge is 0.480 e. The zero-order valence-corrected chi connectivity index (χ0v) is 6.84. The van der Waals surface area contributed by atoms with E-state index in [2.05, 4.69) is 10.3 Å². The van der Waals surface area contributed by atoms with Gasteiger partial charge in [-0.15, -0.1) is 0 Å². The maximum absolute atomic E-state index is 10.5. The summed E-state index contributed by atoms with van der Waals surface area (Å²) in [6.07, 6.45) is 1.54. The normalized spacial score (nSPS) is 12.1. The lowest BCUT2D eigenvalue weighted by Gasteiger charge is -2.11. The van der Waals surface area contributed by atoms with Crippen LogP contribution in [0.1, 0.15) is 0 Å². The van der Waals surface area contributed by atoms with E-state index in [0.717, 1.165) is 0 Å². The number of aliphatic hydroxyl groups is 1. The molecule has 5 nitrogen and oxygen atoms in total. The molecule has 3 N–H and O–H groups in total. The lowest BCUT2D eigenvalue weighted by Crippen LogP contribution is -2.32. The van der Waals surface area contributed by atoms with Gasteiger partial charge in [0.15, 0.2) is 0 Å². The molecule has 0 aliphatic heterocycles. The zero-order valence-electron chi connectivity index (χ0n) is 6.84. The molecule has 0 aliphatic carbocycles. The van der Waals surface area contributed by atoms with Gasteiger partial charge in [0.2, 0.25) is 0 Å². The summed E-state index contributed by atoms with van der Waals surface area (Å²) >= 11 is 0. The van der Waals surface area contributed by atoms with E-state index in [-0.39, 0.29) is 0 Å². The van der Waals surface area contributed by atoms with E-state index in [1.165, 1.54) is 0 Å². The summed E-state index contributed by atoms with van der Waals surface area (Å²) in [4.78, 5) is 14.3. The van der Waals surface area contributed by atoms with E-state index in [1.54, 1.807) is 24.4 Å². The van der Waals surface area contributed by atoms with Crippen LogP contribution in [0.4, 0.5) is 5.82 Å². The second-order valence-corrected chi connectivity index (χ2v) is 2.43. The van der Waals surface area contributed by atoms with Crippen LogP contribution in [0.15, 0.2) is 24.4 Å². The van der Waals surface area contributed by atoms with Crippen LogP contribution in [0, 0.1) is 0 Å². The molecule has 0 saturated heterocycles. The molecule has 1 atom stereocenters. The Labute approximate surface area is 75.0 Å². The fourth-order valence-electron chi connectivity index (χ4n) is 0.812. The lowest BCUT2D eigenvalue weighted by atomic mass is 10.3. The fourth-order valence-corrected chi connectivity index (χ4v) is 0.812. The number of rotatable bonds is 4. The standard InChI is InChI=1S/C8H10N2O3/c11-5-6(8(12)13)10-7-3-1-2-4-9-7/h1-4,6,11H,5H2,(H,9,10)(H,12,13)/t6-/m0/s1. The predicted octanol–water partition coefficient (Wildman–Crippen LogP) is -0.0610. The Balaban J connectivity index is 2.62. The molecule has 0 saturated carbocycles. The second kappa shape index (κ2) is 4.42. The maximum Gasteiger partial charge on any atom is 0.328 e. The van der Waals surface area contributed by atoms with Gasteiger partial charge in [-0.1, -0.05) is 6.07 Å². The van der Waals surface area contributed by atoms with Gasteiger partial charge >= 0.3 is 5.97 Å². The molecule has 0 fully saturated rings. The van der Waals surface area contributed by atoms with Gasteiger partial charge in [0.25, 0.3) is 0 Å². The van der Waals surface area contributed by atoms with Gasteiger partial charge in [-0.25, -0.2) is 9.78 Å². The second-order valence-electron chi connectivity index (χ2n) is 2.43. The van der Waals surface area contributed by atoms with Crippen LogP contribution in [0.3, 0.4) is 0 Å². The summed E-state index contributed by atoms with van der Waals surface area (Å²) in [6.45, 7) is -0.466. The Morgan fingerprint density at radius 1 is 1.62 bits per heavy atom.